The molecule has 1 atom stereocenters. The molecule has 0 saturated carbocycles. The number of carbonyl (C=O) groups is 1. The third-order valence-electron chi connectivity index (χ3n) is 5.82. The lowest BCUT2D eigenvalue weighted by atomic mass is 9.99. The molecule has 3 aromatic rings. The van der Waals surface area contributed by atoms with Gasteiger partial charge in [-0.05, 0) is 42.7 Å². The first kappa shape index (κ1) is 24.7. The van der Waals surface area contributed by atoms with Crippen molar-refractivity contribution in [1.29, 1.82) is 0 Å². The van der Waals surface area contributed by atoms with Gasteiger partial charge in [-0.2, -0.15) is 0 Å². The molecular weight excluding hydrogens is 483 g/mol. The van der Waals surface area contributed by atoms with Crippen LogP contribution in [0.1, 0.15) is 45.1 Å². The van der Waals surface area contributed by atoms with Crippen molar-refractivity contribution in [2.45, 2.75) is 49.5 Å². The van der Waals surface area contributed by atoms with E-state index in [2.05, 4.69) is 13.8 Å². The molecule has 1 fully saturated rings. The molecule has 1 aliphatic rings. The number of pyridine rings is 1. The fourth-order valence-electron chi connectivity index (χ4n) is 3.85. The maximum absolute atomic E-state index is 13.4. The summed E-state index contributed by atoms with van der Waals surface area (Å²) in [6, 6.07) is 15.3. The van der Waals surface area contributed by atoms with Crippen molar-refractivity contribution < 1.29 is 4.79 Å². The number of carbonyl (C=O) groups excluding carboxylic acids is 1. The maximum Gasteiger partial charge on any atom is 0.266 e. The fraction of sp³-hybridized carbons (Fsp3) is 0.308. The number of thiocarbonyl (C=S) groups is 1. The Morgan fingerprint density at radius 3 is 2.62 bits per heavy atom. The minimum atomic E-state index is -0.205. The van der Waals surface area contributed by atoms with Gasteiger partial charge in [-0.3, -0.25) is 18.9 Å². The molecule has 176 valence electrons. The van der Waals surface area contributed by atoms with E-state index < -0.39 is 0 Å². The summed E-state index contributed by atoms with van der Waals surface area (Å²) in [5.74, 6) is 0.289. The Morgan fingerprint density at radius 1 is 1.12 bits per heavy atom. The first-order valence-electron chi connectivity index (χ1n) is 11.5. The topological polar surface area (TPSA) is 54.7 Å². The van der Waals surface area contributed by atoms with E-state index in [-0.39, 0.29) is 11.5 Å². The van der Waals surface area contributed by atoms with E-state index in [1.165, 1.54) is 27.9 Å². The molecule has 0 N–H and O–H groups in total. The Hall–Kier alpha value is -2.42. The van der Waals surface area contributed by atoms with Crippen molar-refractivity contribution >= 4 is 57.7 Å². The highest BCUT2D eigenvalue weighted by Gasteiger charge is 2.33. The highest BCUT2D eigenvalue weighted by molar-refractivity contribution is 8.26. The largest absolute Gasteiger partial charge is 0.293 e. The van der Waals surface area contributed by atoms with Gasteiger partial charge in [0.05, 0.1) is 10.5 Å². The third-order valence-corrected chi connectivity index (χ3v) is 8.22. The summed E-state index contributed by atoms with van der Waals surface area (Å²) >= 11 is 8.24. The first-order valence-corrected chi connectivity index (χ1v) is 13.6. The summed E-state index contributed by atoms with van der Waals surface area (Å²) in [6.07, 6.45) is 7.73. The van der Waals surface area contributed by atoms with E-state index in [1.807, 2.05) is 36.4 Å². The number of aromatic nitrogens is 2. The molecule has 34 heavy (non-hydrogen) atoms. The molecule has 1 unspecified atom stereocenters. The lowest BCUT2D eigenvalue weighted by molar-refractivity contribution is -0.122. The summed E-state index contributed by atoms with van der Waals surface area (Å²) in [7, 11) is 0. The van der Waals surface area contributed by atoms with E-state index >= 15 is 0 Å². The summed E-state index contributed by atoms with van der Waals surface area (Å²) in [4.78, 5) is 34.6. The van der Waals surface area contributed by atoms with Crippen LogP contribution in [0.25, 0.3) is 11.7 Å². The van der Waals surface area contributed by atoms with Gasteiger partial charge in [0.2, 0.25) is 0 Å². The van der Waals surface area contributed by atoms with Crippen molar-refractivity contribution in [3.05, 3.63) is 75.6 Å². The molecule has 0 bridgehead atoms. The average Bonchev–Trinajstić information content (AvgIpc) is 3.11. The van der Waals surface area contributed by atoms with Crippen LogP contribution in [-0.4, -0.2) is 31.1 Å². The van der Waals surface area contributed by atoms with Gasteiger partial charge < -0.3 is 0 Å². The Bertz CT molecular complexity index is 1290. The minimum Gasteiger partial charge on any atom is -0.293 e. The molecule has 0 spiro atoms. The second-order valence-electron chi connectivity index (χ2n) is 8.19. The predicted octanol–water partition coefficient (Wildman–Crippen LogP) is 6.26. The normalized spacial score (nSPS) is 16.1. The zero-order valence-corrected chi connectivity index (χ0v) is 21.7. The van der Waals surface area contributed by atoms with Crippen molar-refractivity contribution in [2.75, 3.05) is 6.54 Å². The number of fused-ring (bicyclic) bond motifs is 1. The van der Waals surface area contributed by atoms with Crippen LogP contribution in [0.5, 0.6) is 0 Å². The van der Waals surface area contributed by atoms with Gasteiger partial charge in [0.15, 0.2) is 0 Å². The SMILES string of the molecule is CCCCC(CC)CN1C(=O)/C(=C/c2c(Sc3ccccc3)nc3ccccn3c2=O)SC1=S. The van der Waals surface area contributed by atoms with Crippen LogP contribution < -0.4 is 5.56 Å². The molecule has 4 rings (SSSR count). The highest BCUT2D eigenvalue weighted by atomic mass is 32.2. The second kappa shape index (κ2) is 11.3. The number of unbranched alkanes of at least 4 members (excludes halogenated alkanes) is 1. The van der Waals surface area contributed by atoms with Gasteiger partial charge in [-0.25, -0.2) is 4.98 Å². The summed E-state index contributed by atoms with van der Waals surface area (Å²) in [6.45, 7) is 4.96. The standard InChI is InChI=1S/C26H27N3O2S3/c1-3-5-11-18(4-2)17-29-25(31)21(34-26(29)32)16-20-23(33-19-12-7-6-8-13-19)27-22-14-9-10-15-28(22)24(20)30/h6-10,12-16,18H,3-5,11,17H2,1-2H3/b21-16-. The number of rotatable bonds is 9. The number of benzene rings is 1. The zero-order chi connectivity index (χ0) is 24.1. The van der Waals surface area contributed by atoms with E-state index in [9.17, 15) is 9.59 Å². The number of nitrogens with zero attached hydrogens (tertiary/aromatic N) is 3. The number of hydrogen-bond acceptors (Lipinski definition) is 6. The Kier molecular flexibility index (Phi) is 8.24. The lowest BCUT2D eigenvalue weighted by Crippen LogP contribution is -2.33. The van der Waals surface area contributed by atoms with Crippen LogP contribution in [0.4, 0.5) is 0 Å². The summed E-state index contributed by atoms with van der Waals surface area (Å²) < 4.78 is 2.07. The molecule has 2 aromatic heterocycles. The van der Waals surface area contributed by atoms with Crippen LogP contribution in [-0.2, 0) is 4.79 Å². The maximum atomic E-state index is 13.4. The van der Waals surface area contributed by atoms with Crippen molar-refractivity contribution in [3.8, 4) is 0 Å². The van der Waals surface area contributed by atoms with Crippen LogP contribution in [0, 0.1) is 5.92 Å². The van der Waals surface area contributed by atoms with Crippen LogP contribution in [0.2, 0.25) is 0 Å². The van der Waals surface area contributed by atoms with Gasteiger partial charge in [-0.15, -0.1) is 0 Å². The fourth-order valence-corrected chi connectivity index (χ4v) is 6.02. The molecule has 1 amide bonds. The lowest BCUT2D eigenvalue weighted by Gasteiger charge is -2.21. The number of thioether (sulfide) groups is 1. The van der Waals surface area contributed by atoms with E-state index in [4.69, 9.17) is 17.2 Å². The van der Waals surface area contributed by atoms with E-state index in [1.54, 1.807) is 29.3 Å². The molecule has 1 saturated heterocycles. The monoisotopic (exact) mass is 509 g/mol. The molecule has 8 heteroatoms. The van der Waals surface area contributed by atoms with Gasteiger partial charge in [-0.1, -0.05) is 93.1 Å². The quantitative estimate of drug-likeness (QED) is 0.193. The third kappa shape index (κ3) is 5.45. The van der Waals surface area contributed by atoms with Gasteiger partial charge in [0.25, 0.3) is 11.5 Å². The average molecular weight is 510 g/mol. The molecule has 1 aromatic carbocycles. The number of hydrogen-bond donors (Lipinski definition) is 0. The van der Waals surface area contributed by atoms with Gasteiger partial charge in [0.1, 0.15) is 15.0 Å². The summed E-state index contributed by atoms with van der Waals surface area (Å²) in [5.41, 5.74) is 0.761. The van der Waals surface area contributed by atoms with Crippen LogP contribution in [0.3, 0.4) is 0 Å². The second-order valence-corrected chi connectivity index (χ2v) is 10.9. The highest BCUT2D eigenvalue weighted by Crippen LogP contribution is 2.36. The van der Waals surface area contributed by atoms with E-state index in [0.29, 0.717) is 37.9 Å². The molecule has 5 nitrogen and oxygen atoms in total. The van der Waals surface area contributed by atoms with Gasteiger partial charge in [0, 0.05) is 17.6 Å². The van der Waals surface area contributed by atoms with Crippen molar-refractivity contribution in [2.24, 2.45) is 5.92 Å². The first-order chi connectivity index (χ1) is 16.5. The molecule has 0 aliphatic carbocycles. The van der Waals surface area contributed by atoms with Crippen LogP contribution in [0.15, 0.2) is 74.3 Å². The smallest absolute Gasteiger partial charge is 0.266 e. The zero-order valence-electron chi connectivity index (χ0n) is 19.3. The van der Waals surface area contributed by atoms with Gasteiger partial charge >= 0.3 is 0 Å². The Balaban J connectivity index is 1.71. The van der Waals surface area contributed by atoms with Crippen molar-refractivity contribution in [1.82, 2.24) is 14.3 Å². The molecule has 3 heterocycles. The predicted molar refractivity (Wildman–Crippen MR) is 145 cm³/mol. The Labute approximate surface area is 213 Å². The minimum absolute atomic E-state index is 0.127. The molecule has 1 aliphatic heterocycles. The van der Waals surface area contributed by atoms with Crippen molar-refractivity contribution in [3.63, 3.8) is 0 Å². The Morgan fingerprint density at radius 2 is 1.88 bits per heavy atom. The van der Waals surface area contributed by atoms with E-state index in [0.717, 1.165) is 30.6 Å². The molecule has 0 radical (unpaired) electrons. The molecular formula is C26H27N3O2S3. The summed E-state index contributed by atoms with van der Waals surface area (Å²) in [5, 5.41) is 0.571. The number of amides is 1. The van der Waals surface area contributed by atoms with Crippen LogP contribution >= 0.6 is 35.7 Å².